The molecule has 0 aromatic heterocycles. The maximum atomic E-state index is 13.4. The Bertz CT molecular complexity index is 887. The van der Waals surface area contributed by atoms with Crippen LogP contribution in [0.5, 0.6) is 5.75 Å². The molecule has 2 aromatic carbocycles. The van der Waals surface area contributed by atoms with E-state index >= 15 is 0 Å². The number of methoxy groups -OCH3 is 1. The van der Waals surface area contributed by atoms with E-state index in [1.54, 1.807) is 18.2 Å². The first-order valence-corrected chi connectivity index (χ1v) is 8.99. The summed E-state index contributed by atoms with van der Waals surface area (Å²) in [6, 6.07) is 8.58. The summed E-state index contributed by atoms with van der Waals surface area (Å²) in [4.78, 5) is 12.5. The second kappa shape index (κ2) is 7.39. The molecule has 0 saturated carbocycles. The molecule has 0 bridgehead atoms. The minimum atomic E-state index is -3.80. The molecule has 2 aromatic rings. The number of carbonyl (C=O) groups excluding carboxylic acids is 1. The topological polar surface area (TPSA) is 98.5 Å². The van der Waals surface area contributed by atoms with Crippen LogP contribution < -0.4 is 14.6 Å². The van der Waals surface area contributed by atoms with Crippen LogP contribution in [0.15, 0.2) is 40.9 Å². The van der Waals surface area contributed by atoms with Crippen molar-refractivity contribution in [1.82, 2.24) is 4.72 Å². The van der Waals surface area contributed by atoms with Gasteiger partial charge >= 0.3 is 0 Å². The number of ether oxygens (including phenoxy) is 1. The maximum absolute atomic E-state index is 13.4. The average Bonchev–Trinajstić information content (AvgIpc) is 2.52. The molecule has 9 heteroatoms. The molecular formula is C15H14BrFN2O4S. The number of halogens is 2. The highest BCUT2D eigenvalue weighted by Crippen LogP contribution is 2.25. The van der Waals surface area contributed by atoms with E-state index in [1.807, 2.05) is 0 Å². The molecule has 0 unspecified atom stereocenters. The second-order valence-corrected chi connectivity index (χ2v) is 7.09. The lowest BCUT2D eigenvalue weighted by molar-refractivity contribution is 0.103. The van der Waals surface area contributed by atoms with Crippen LogP contribution in [-0.4, -0.2) is 21.3 Å². The predicted molar refractivity (Wildman–Crippen MR) is 90.5 cm³/mol. The zero-order chi connectivity index (χ0) is 17.9. The van der Waals surface area contributed by atoms with E-state index < -0.39 is 16.0 Å². The normalized spacial score (nSPS) is 11.3. The van der Waals surface area contributed by atoms with Crippen LogP contribution in [0.25, 0.3) is 0 Å². The number of benzene rings is 2. The van der Waals surface area contributed by atoms with Gasteiger partial charge in [-0.1, -0.05) is 22.0 Å². The molecule has 0 aliphatic carbocycles. The Morgan fingerprint density at radius 2 is 2.00 bits per heavy atom. The van der Waals surface area contributed by atoms with Gasteiger partial charge in [-0.15, -0.1) is 0 Å². The van der Waals surface area contributed by atoms with Gasteiger partial charge in [0, 0.05) is 22.1 Å². The third-order valence-corrected chi connectivity index (χ3v) is 4.37. The van der Waals surface area contributed by atoms with Crippen molar-refractivity contribution in [3.05, 3.63) is 63.4 Å². The molecule has 2 rings (SSSR count). The van der Waals surface area contributed by atoms with Crippen LogP contribution >= 0.6 is 15.9 Å². The van der Waals surface area contributed by atoms with E-state index in [4.69, 9.17) is 9.88 Å². The lowest BCUT2D eigenvalue weighted by Crippen LogP contribution is -2.30. The Kier molecular flexibility index (Phi) is 5.70. The fourth-order valence-electron chi connectivity index (χ4n) is 1.99. The summed E-state index contributed by atoms with van der Waals surface area (Å²) in [5, 5.41) is 4.87. The molecular weight excluding hydrogens is 403 g/mol. The van der Waals surface area contributed by atoms with E-state index in [9.17, 15) is 17.6 Å². The molecule has 0 atom stereocenters. The van der Waals surface area contributed by atoms with E-state index in [1.165, 1.54) is 19.2 Å². The highest BCUT2D eigenvalue weighted by molar-refractivity contribution is 9.10. The molecule has 0 saturated heterocycles. The molecule has 0 fully saturated rings. The van der Waals surface area contributed by atoms with Gasteiger partial charge in [0.05, 0.1) is 7.11 Å². The van der Waals surface area contributed by atoms with Gasteiger partial charge in [-0.05, 0) is 35.9 Å². The first kappa shape index (κ1) is 18.5. The Labute approximate surface area is 147 Å². The van der Waals surface area contributed by atoms with Crippen molar-refractivity contribution in [3.63, 3.8) is 0 Å². The third-order valence-electron chi connectivity index (χ3n) is 3.17. The molecule has 0 aliphatic heterocycles. The van der Waals surface area contributed by atoms with Gasteiger partial charge in [0.15, 0.2) is 17.3 Å². The summed E-state index contributed by atoms with van der Waals surface area (Å²) in [7, 11) is -2.48. The molecule has 0 spiro atoms. The van der Waals surface area contributed by atoms with Crippen LogP contribution in [-0.2, 0) is 16.8 Å². The minimum absolute atomic E-state index is 0.00370. The van der Waals surface area contributed by atoms with Gasteiger partial charge in [-0.25, -0.2) is 9.53 Å². The molecule has 0 aliphatic rings. The van der Waals surface area contributed by atoms with Crippen LogP contribution in [0.3, 0.4) is 0 Å². The van der Waals surface area contributed by atoms with Crippen molar-refractivity contribution >= 4 is 31.9 Å². The monoisotopic (exact) mass is 416 g/mol. The smallest absolute Gasteiger partial charge is 0.274 e. The SMILES string of the molecule is COc1cc(C(=O)c2ccc(CNS(N)(=O)=O)cc2Br)ccc1F. The zero-order valence-electron chi connectivity index (χ0n) is 12.5. The standard InChI is InChI=1S/C15H14BrFN2O4S/c1-23-14-7-10(3-5-13(14)17)15(20)11-4-2-9(6-12(11)16)8-19-24(18,21)22/h2-7,19H,8H2,1H3,(H2,18,21,22). The van der Waals surface area contributed by atoms with Gasteiger partial charge in [0.2, 0.25) is 0 Å². The molecule has 0 heterocycles. The van der Waals surface area contributed by atoms with Crippen molar-refractivity contribution in [2.75, 3.05) is 7.11 Å². The Morgan fingerprint density at radius 1 is 1.29 bits per heavy atom. The van der Waals surface area contributed by atoms with Gasteiger partial charge in [-0.3, -0.25) is 4.79 Å². The van der Waals surface area contributed by atoms with Gasteiger partial charge in [0.1, 0.15) is 0 Å². The number of ketones is 1. The van der Waals surface area contributed by atoms with Crippen molar-refractivity contribution in [2.24, 2.45) is 5.14 Å². The van der Waals surface area contributed by atoms with Crippen LogP contribution in [0.2, 0.25) is 0 Å². The van der Waals surface area contributed by atoms with Crippen molar-refractivity contribution in [2.45, 2.75) is 6.54 Å². The Morgan fingerprint density at radius 3 is 2.58 bits per heavy atom. The maximum Gasteiger partial charge on any atom is 0.274 e. The van der Waals surface area contributed by atoms with Crippen LogP contribution in [0.1, 0.15) is 21.5 Å². The Hall–Kier alpha value is -1.81. The van der Waals surface area contributed by atoms with E-state index in [0.29, 0.717) is 15.6 Å². The number of nitrogens with one attached hydrogen (secondary N) is 1. The summed E-state index contributed by atoms with van der Waals surface area (Å²) in [5.74, 6) is -0.908. The van der Waals surface area contributed by atoms with Gasteiger partial charge in [0.25, 0.3) is 10.2 Å². The summed E-state index contributed by atoms with van der Waals surface area (Å²) < 4.78 is 42.7. The van der Waals surface area contributed by atoms with Gasteiger partial charge in [-0.2, -0.15) is 13.1 Å². The zero-order valence-corrected chi connectivity index (χ0v) is 14.9. The lowest BCUT2D eigenvalue weighted by atomic mass is 10.0. The fourth-order valence-corrected chi connectivity index (χ4v) is 2.97. The fraction of sp³-hybridized carbons (Fsp3) is 0.133. The van der Waals surface area contributed by atoms with Crippen LogP contribution in [0, 0.1) is 5.82 Å². The Balaban J connectivity index is 2.27. The van der Waals surface area contributed by atoms with Gasteiger partial charge < -0.3 is 4.74 Å². The number of nitrogens with two attached hydrogens (primary N) is 1. The minimum Gasteiger partial charge on any atom is -0.494 e. The second-order valence-electron chi connectivity index (χ2n) is 4.86. The third kappa shape index (κ3) is 4.60. The van der Waals surface area contributed by atoms with Crippen LogP contribution in [0.4, 0.5) is 4.39 Å². The first-order chi connectivity index (χ1) is 11.2. The molecule has 0 amide bonds. The highest BCUT2D eigenvalue weighted by Gasteiger charge is 2.15. The molecule has 6 nitrogen and oxygen atoms in total. The number of carbonyl (C=O) groups is 1. The molecule has 3 N–H and O–H groups in total. The average molecular weight is 417 g/mol. The van der Waals surface area contributed by atoms with Crippen molar-refractivity contribution in [3.8, 4) is 5.75 Å². The van der Waals surface area contributed by atoms with Crippen molar-refractivity contribution < 1.29 is 22.3 Å². The summed E-state index contributed by atoms with van der Waals surface area (Å²) in [6.07, 6.45) is 0. The number of hydrogen-bond acceptors (Lipinski definition) is 4. The predicted octanol–water partition coefficient (Wildman–Crippen LogP) is 2.12. The number of hydrogen-bond donors (Lipinski definition) is 2. The van der Waals surface area contributed by atoms with Crippen molar-refractivity contribution in [1.29, 1.82) is 0 Å². The molecule has 24 heavy (non-hydrogen) atoms. The highest BCUT2D eigenvalue weighted by atomic mass is 79.9. The summed E-state index contributed by atoms with van der Waals surface area (Å²) in [6.45, 7) is -0.00370. The van der Waals surface area contributed by atoms with E-state index in [-0.39, 0.29) is 23.6 Å². The van der Waals surface area contributed by atoms with E-state index in [0.717, 1.165) is 6.07 Å². The molecule has 0 radical (unpaired) electrons. The summed E-state index contributed by atoms with van der Waals surface area (Å²) in [5.41, 5.74) is 1.23. The van der Waals surface area contributed by atoms with E-state index in [2.05, 4.69) is 20.7 Å². The quantitative estimate of drug-likeness (QED) is 0.704. The molecule has 128 valence electrons. The first-order valence-electron chi connectivity index (χ1n) is 6.65. The lowest BCUT2D eigenvalue weighted by Gasteiger charge is -2.09. The largest absolute Gasteiger partial charge is 0.494 e. The summed E-state index contributed by atoms with van der Waals surface area (Å²) >= 11 is 3.28. The number of rotatable bonds is 6.